The predicted octanol–water partition coefficient (Wildman–Crippen LogP) is 3.48. The average molecular weight is 342 g/mol. The van der Waals surface area contributed by atoms with Crippen LogP contribution in [-0.2, 0) is 5.75 Å². The maximum Gasteiger partial charge on any atom is 0.270 e. The summed E-state index contributed by atoms with van der Waals surface area (Å²) < 4.78 is 7.16. The van der Waals surface area contributed by atoms with Crippen molar-refractivity contribution in [3.63, 3.8) is 0 Å². The van der Waals surface area contributed by atoms with E-state index in [1.54, 1.807) is 19.5 Å². The molecule has 0 saturated carbocycles. The van der Waals surface area contributed by atoms with Gasteiger partial charge in [-0.1, -0.05) is 30.0 Å². The van der Waals surface area contributed by atoms with Crippen molar-refractivity contribution in [2.45, 2.75) is 10.9 Å². The summed E-state index contributed by atoms with van der Waals surface area (Å²) in [5.74, 6) is 1.09. The Balaban J connectivity index is 1.83. The van der Waals surface area contributed by atoms with Crippen LogP contribution in [-0.4, -0.2) is 26.8 Å². The lowest BCUT2D eigenvalue weighted by Gasteiger charge is -2.09. The number of hydrogen-bond acceptors (Lipinski definition) is 6. The van der Waals surface area contributed by atoms with Gasteiger partial charge < -0.3 is 4.74 Å². The molecule has 0 bridgehead atoms. The van der Waals surface area contributed by atoms with Crippen LogP contribution in [0.15, 0.2) is 60.0 Å². The lowest BCUT2D eigenvalue weighted by Crippen LogP contribution is -1.97. The number of non-ortho nitro benzene ring substituents is 1. The van der Waals surface area contributed by atoms with Crippen LogP contribution in [0.1, 0.15) is 5.56 Å². The third-order valence-corrected chi connectivity index (χ3v) is 4.37. The summed E-state index contributed by atoms with van der Waals surface area (Å²) in [6.07, 6.45) is 1.64. The van der Waals surface area contributed by atoms with Crippen molar-refractivity contribution in [1.29, 1.82) is 0 Å². The summed E-state index contributed by atoms with van der Waals surface area (Å²) in [6.45, 7) is 0. The number of hydrogen-bond donors (Lipinski definition) is 0. The van der Waals surface area contributed by atoms with Crippen molar-refractivity contribution in [3.8, 4) is 11.4 Å². The molecule has 0 unspecified atom stereocenters. The molecular weight excluding hydrogens is 328 g/mol. The van der Waals surface area contributed by atoms with Gasteiger partial charge in [-0.2, -0.15) is 0 Å². The first kappa shape index (κ1) is 16.0. The highest BCUT2D eigenvalue weighted by molar-refractivity contribution is 7.98. The van der Waals surface area contributed by atoms with E-state index in [9.17, 15) is 10.1 Å². The number of para-hydroxylation sites is 1. The third kappa shape index (κ3) is 3.38. The molecule has 0 atom stereocenters. The fraction of sp³-hybridized carbons (Fsp3) is 0.125. The molecule has 0 saturated heterocycles. The van der Waals surface area contributed by atoms with Gasteiger partial charge in [-0.15, -0.1) is 10.2 Å². The number of ether oxygens (including phenoxy) is 1. The van der Waals surface area contributed by atoms with Gasteiger partial charge in [0.05, 0.1) is 12.0 Å². The summed E-state index contributed by atoms with van der Waals surface area (Å²) in [6, 6.07) is 14.3. The van der Waals surface area contributed by atoms with E-state index in [4.69, 9.17) is 4.74 Å². The molecule has 0 aliphatic carbocycles. The van der Waals surface area contributed by atoms with Crippen LogP contribution in [0.5, 0.6) is 5.75 Å². The van der Waals surface area contributed by atoms with E-state index in [1.807, 2.05) is 34.9 Å². The van der Waals surface area contributed by atoms with Crippen LogP contribution in [0.2, 0.25) is 0 Å². The van der Waals surface area contributed by atoms with Gasteiger partial charge in [0.2, 0.25) is 0 Å². The largest absolute Gasteiger partial charge is 0.496 e. The van der Waals surface area contributed by atoms with Crippen molar-refractivity contribution in [2.24, 2.45) is 0 Å². The molecule has 122 valence electrons. The van der Waals surface area contributed by atoms with Crippen molar-refractivity contribution >= 4 is 17.4 Å². The van der Waals surface area contributed by atoms with E-state index >= 15 is 0 Å². The lowest BCUT2D eigenvalue weighted by molar-refractivity contribution is -0.384. The van der Waals surface area contributed by atoms with Crippen LogP contribution >= 0.6 is 11.8 Å². The van der Waals surface area contributed by atoms with E-state index in [0.717, 1.165) is 11.3 Å². The molecule has 0 aliphatic heterocycles. The highest BCUT2D eigenvalue weighted by Gasteiger charge is 2.14. The molecule has 0 amide bonds. The van der Waals surface area contributed by atoms with E-state index in [2.05, 4.69) is 10.2 Å². The van der Waals surface area contributed by atoms with Crippen LogP contribution < -0.4 is 4.74 Å². The monoisotopic (exact) mass is 342 g/mol. The maximum atomic E-state index is 11.0. The fourth-order valence-corrected chi connectivity index (χ4v) is 3.13. The Labute approximate surface area is 142 Å². The minimum Gasteiger partial charge on any atom is -0.496 e. The number of nitro groups is 1. The fourth-order valence-electron chi connectivity index (χ4n) is 2.22. The number of nitrogens with zero attached hydrogens (tertiary/aromatic N) is 4. The zero-order valence-electron chi connectivity index (χ0n) is 12.8. The Morgan fingerprint density at radius 3 is 2.75 bits per heavy atom. The van der Waals surface area contributed by atoms with Gasteiger partial charge in [0.15, 0.2) is 5.16 Å². The molecular formula is C16H14N4O3S. The molecule has 3 aromatic rings. The van der Waals surface area contributed by atoms with Crippen LogP contribution in [0.4, 0.5) is 5.69 Å². The zero-order valence-corrected chi connectivity index (χ0v) is 13.6. The Hall–Kier alpha value is -2.87. The molecule has 0 radical (unpaired) electrons. The second-order valence-electron chi connectivity index (χ2n) is 4.86. The first-order valence-electron chi connectivity index (χ1n) is 7.08. The second kappa shape index (κ2) is 7.14. The van der Waals surface area contributed by atoms with Crippen molar-refractivity contribution in [3.05, 3.63) is 70.5 Å². The standard InChI is InChI=1S/C16H14N4O3S/c1-23-15-8-7-14(20(21)22)9-12(15)10-24-16-18-17-11-19(16)13-5-3-2-4-6-13/h2-9,11H,10H2,1H3. The van der Waals surface area contributed by atoms with Gasteiger partial charge in [-0.05, 0) is 18.2 Å². The van der Waals surface area contributed by atoms with Gasteiger partial charge >= 0.3 is 0 Å². The van der Waals surface area contributed by atoms with Crippen LogP contribution in [0.3, 0.4) is 0 Å². The Morgan fingerprint density at radius 1 is 1.25 bits per heavy atom. The second-order valence-corrected chi connectivity index (χ2v) is 5.80. The Bertz CT molecular complexity index is 852. The van der Waals surface area contributed by atoms with E-state index in [0.29, 0.717) is 16.7 Å². The normalized spacial score (nSPS) is 10.5. The SMILES string of the molecule is COc1ccc([N+](=O)[O-])cc1CSc1nncn1-c1ccccc1. The number of methoxy groups -OCH3 is 1. The van der Waals surface area contributed by atoms with Gasteiger partial charge in [0.25, 0.3) is 5.69 Å². The predicted molar refractivity (Wildman–Crippen MR) is 90.6 cm³/mol. The smallest absolute Gasteiger partial charge is 0.270 e. The van der Waals surface area contributed by atoms with Gasteiger partial charge in [-0.3, -0.25) is 14.7 Å². The number of nitro benzene ring substituents is 1. The molecule has 0 aliphatic rings. The molecule has 0 N–H and O–H groups in total. The molecule has 8 heteroatoms. The molecule has 1 heterocycles. The number of aromatic nitrogens is 3. The summed E-state index contributed by atoms with van der Waals surface area (Å²) in [5, 5.41) is 19.7. The Morgan fingerprint density at radius 2 is 2.04 bits per heavy atom. The first-order chi connectivity index (χ1) is 11.7. The summed E-state index contributed by atoms with van der Waals surface area (Å²) in [7, 11) is 1.54. The summed E-state index contributed by atoms with van der Waals surface area (Å²) >= 11 is 1.44. The van der Waals surface area contributed by atoms with E-state index in [-0.39, 0.29) is 5.69 Å². The third-order valence-electron chi connectivity index (χ3n) is 3.38. The quantitative estimate of drug-likeness (QED) is 0.387. The molecule has 3 rings (SSSR count). The minimum atomic E-state index is -0.417. The molecule has 0 fully saturated rings. The molecule has 2 aromatic carbocycles. The highest BCUT2D eigenvalue weighted by atomic mass is 32.2. The number of rotatable bonds is 6. The Kier molecular flexibility index (Phi) is 4.76. The summed E-state index contributed by atoms with van der Waals surface area (Å²) in [4.78, 5) is 10.5. The van der Waals surface area contributed by atoms with E-state index < -0.39 is 4.92 Å². The van der Waals surface area contributed by atoms with E-state index in [1.165, 1.54) is 23.9 Å². The molecule has 24 heavy (non-hydrogen) atoms. The van der Waals surface area contributed by atoms with Crippen molar-refractivity contribution in [1.82, 2.24) is 14.8 Å². The maximum absolute atomic E-state index is 11.0. The molecule has 1 aromatic heterocycles. The lowest BCUT2D eigenvalue weighted by atomic mass is 10.2. The van der Waals surface area contributed by atoms with Crippen LogP contribution in [0.25, 0.3) is 5.69 Å². The number of thioether (sulfide) groups is 1. The minimum absolute atomic E-state index is 0.0379. The van der Waals surface area contributed by atoms with Gasteiger partial charge in [-0.25, -0.2) is 0 Å². The first-order valence-corrected chi connectivity index (χ1v) is 8.07. The zero-order chi connectivity index (χ0) is 16.9. The topological polar surface area (TPSA) is 83.1 Å². The van der Waals surface area contributed by atoms with Crippen molar-refractivity contribution < 1.29 is 9.66 Å². The summed E-state index contributed by atoms with van der Waals surface area (Å²) in [5.41, 5.74) is 1.73. The average Bonchev–Trinajstić information content (AvgIpc) is 3.09. The van der Waals surface area contributed by atoms with Crippen molar-refractivity contribution in [2.75, 3.05) is 7.11 Å². The molecule has 0 spiro atoms. The molecule has 7 nitrogen and oxygen atoms in total. The number of benzene rings is 2. The highest BCUT2D eigenvalue weighted by Crippen LogP contribution is 2.30. The van der Waals surface area contributed by atoms with Gasteiger partial charge in [0, 0.05) is 29.1 Å². The van der Waals surface area contributed by atoms with Gasteiger partial charge in [0.1, 0.15) is 12.1 Å². The van der Waals surface area contributed by atoms with Crippen LogP contribution in [0, 0.1) is 10.1 Å².